The van der Waals surface area contributed by atoms with Crippen molar-refractivity contribution in [3.05, 3.63) is 5.89 Å². The Bertz CT molecular complexity index is 371. The van der Waals surface area contributed by atoms with Gasteiger partial charge in [-0.3, -0.25) is 0 Å². The second-order valence-corrected chi connectivity index (χ2v) is 5.69. The summed E-state index contributed by atoms with van der Waals surface area (Å²) in [5.74, 6) is 2.09. The standard InChI is InChI=1S/C14H26N4O/c1-4-7-15-12(11(2)3)10-13-16-14(17-19-13)18-8-5-6-9-18/h11-12,15H,4-10H2,1-3H3. The molecule has 0 bridgehead atoms. The molecule has 0 aromatic carbocycles. The van der Waals surface area contributed by atoms with Gasteiger partial charge in [0.15, 0.2) is 0 Å². The van der Waals surface area contributed by atoms with E-state index in [1.165, 1.54) is 12.8 Å². The molecule has 1 aromatic rings. The van der Waals surface area contributed by atoms with Gasteiger partial charge >= 0.3 is 0 Å². The quantitative estimate of drug-likeness (QED) is 0.820. The highest BCUT2D eigenvalue weighted by molar-refractivity contribution is 5.28. The molecule has 19 heavy (non-hydrogen) atoms. The Kier molecular flexibility index (Phi) is 5.19. The maximum atomic E-state index is 5.39. The highest BCUT2D eigenvalue weighted by Crippen LogP contribution is 2.17. The Balaban J connectivity index is 1.93. The molecule has 0 amide bonds. The molecule has 5 nitrogen and oxygen atoms in total. The zero-order chi connectivity index (χ0) is 13.7. The largest absolute Gasteiger partial charge is 0.338 e. The van der Waals surface area contributed by atoms with E-state index in [0.29, 0.717) is 12.0 Å². The van der Waals surface area contributed by atoms with Gasteiger partial charge in [-0.15, -0.1) is 0 Å². The summed E-state index contributed by atoms with van der Waals surface area (Å²) in [6, 6.07) is 0.409. The summed E-state index contributed by atoms with van der Waals surface area (Å²) >= 11 is 0. The van der Waals surface area contributed by atoms with E-state index in [1.807, 2.05) is 0 Å². The maximum Gasteiger partial charge on any atom is 0.266 e. The number of hydrogen-bond acceptors (Lipinski definition) is 5. The molecule has 2 heterocycles. The normalized spacial score (nSPS) is 17.4. The maximum absolute atomic E-state index is 5.39. The Morgan fingerprint density at radius 1 is 1.32 bits per heavy atom. The molecular weight excluding hydrogens is 240 g/mol. The van der Waals surface area contributed by atoms with Crippen molar-refractivity contribution in [1.29, 1.82) is 0 Å². The van der Waals surface area contributed by atoms with Crippen LogP contribution in [0.2, 0.25) is 0 Å². The van der Waals surface area contributed by atoms with E-state index in [1.54, 1.807) is 0 Å². The smallest absolute Gasteiger partial charge is 0.266 e. The summed E-state index contributed by atoms with van der Waals surface area (Å²) in [6.07, 6.45) is 4.43. The van der Waals surface area contributed by atoms with Crippen LogP contribution in [0.5, 0.6) is 0 Å². The van der Waals surface area contributed by atoms with Crippen molar-refractivity contribution in [1.82, 2.24) is 15.5 Å². The highest BCUT2D eigenvalue weighted by atomic mass is 16.5. The molecule has 5 heteroatoms. The predicted molar refractivity (Wildman–Crippen MR) is 76.4 cm³/mol. The van der Waals surface area contributed by atoms with Gasteiger partial charge in [-0.1, -0.05) is 20.8 Å². The third-order valence-electron chi connectivity index (χ3n) is 3.70. The molecule has 0 saturated carbocycles. The lowest BCUT2D eigenvalue weighted by Crippen LogP contribution is -2.36. The molecule has 1 saturated heterocycles. The van der Waals surface area contributed by atoms with E-state index >= 15 is 0 Å². The first-order valence-corrected chi connectivity index (χ1v) is 7.51. The van der Waals surface area contributed by atoms with Crippen LogP contribution in [0.25, 0.3) is 0 Å². The lowest BCUT2D eigenvalue weighted by atomic mass is 10.0. The van der Waals surface area contributed by atoms with E-state index in [2.05, 4.69) is 41.1 Å². The van der Waals surface area contributed by atoms with Crippen LogP contribution in [0.3, 0.4) is 0 Å². The van der Waals surface area contributed by atoms with Crippen molar-refractivity contribution in [2.75, 3.05) is 24.5 Å². The first-order chi connectivity index (χ1) is 9.20. The van der Waals surface area contributed by atoms with Crippen LogP contribution < -0.4 is 10.2 Å². The van der Waals surface area contributed by atoms with Crippen LogP contribution in [-0.2, 0) is 6.42 Å². The molecule has 1 unspecified atom stereocenters. The summed E-state index contributed by atoms with van der Waals surface area (Å²) in [7, 11) is 0. The van der Waals surface area contributed by atoms with Gasteiger partial charge in [0.25, 0.3) is 5.95 Å². The monoisotopic (exact) mass is 266 g/mol. The number of rotatable bonds is 7. The average Bonchev–Trinajstić information content (AvgIpc) is 3.04. The van der Waals surface area contributed by atoms with E-state index < -0.39 is 0 Å². The molecule has 2 rings (SSSR count). The first kappa shape index (κ1) is 14.3. The summed E-state index contributed by atoms with van der Waals surface area (Å²) in [6.45, 7) is 9.79. The van der Waals surface area contributed by atoms with Crippen LogP contribution in [0, 0.1) is 5.92 Å². The zero-order valence-corrected chi connectivity index (χ0v) is 12.4. The van der Waals surface area contributed by atoms with E-state index in [0.717, 1.165) is 44.3 Å². The molecule has 0 spiro atoms. The molecule has 108 valence electrons. The summed E-state index contributed by atoms with van der Waals surface area (Å²) in [5, 5.41) is 7.66. The fourth-order valence-corrected chi connectivity index (χ4v) is 2.44. The number of nitrogens with one attached hydrogen (secondary N) is 1. The Labute approximate surface area is 115 Å². The first-order valence-electron chi connectivity index (χ1n) is 7.51. The van der Waals surface area contributed by atoms with Gasteiger partial charge in [0.05, 0.1) is 0 Å². The second-order valence-electron chi connectivity index (χ2n) is 5.69. The number of hydrogen-bond donors (Lipinski definition) is 1. The van der Waals surface area contributed by atoms with Crippen LogP contribution in [0.15, 0.2) is 4.52 Å². The Hall–Kier alpha value is -1.10. The lowest BCUT2D eigenvalue weighted by molar-refractivity contribution is 0.326. The average molecular weight is 266 g/mol. The highest BCUT2D eigenvalue weighted by Gasteiger charge is 2.21. The SMILES string of the molecule is CCCNC(Cc1nc(N2CCCC2)no1)C(C)C. The predicted octanol–water partition coefficient (Wildman–Crippen LogP) is 2.24. The van der Waals surface area contributed by atoms with Crippen LogP contribution in [0.4, 0.5) is 5.95 Å². The summed E-state index contributed by atoms with van der Waals surface area (Å²) in [4.78, 5) is 6.74. The van der Waals surface area contributed by atoms with Gasteiger partial charge in [-0.05, 0) is 36.9 Å². The number of anilines is 1. The van der Waals surface area contributed by atoms with Crippen LogP contribution in [-0.4, -0.2) is 35.8 Å². The molecule has 1 aliphatic rings. The zero-order valence-electron chi connectivity index (χ0n) is 12.4. The second kappa shape index (κ2) is 6.89. The molecule has 1 fully saturated rings. The topological polar surface area (TPSA) is 54.2 Å². The minimum absolute atomic E-state index is 0.409. The van der Waals surface area contributed by atoms with Crippen molar-refractivity contribution in [3.8, 4) is 0 Å². The van der Waals surface area contributed by atoms with Gasteiger partial charge < -0.3 is 14.7 Å². The molecule has 1 aliphatic heterocycles. The fourth-order valence-electron chi connectivity index (χ4n) is 2.44. The minimum Gasteiger partial charge on any atom is -0.338 e. The van der Waals surface area contributed by atoms with Crippen molar-refractivity contribution >= 4 is 5.95 Å². The van der Waals surface area contributed by atoms with Crippen LogP contribution >= 0.6 is 0 Å². The number of nitrogens with zero attached hydrogens (tertiary/aromatic N) is 3. The van der Waals surface area contributed by atoms with E-state index in [9.17, 15) is 0 Å². The van der Waals surface area contributed by atoms with Crippen molar-refractivity contribution in [2.24, 2.45) is 5.92 Å². The van der Waals surface area contributed by atoms with Crippen molar-refractivity contribution in [2.45, 2.75) is 52.5 Å². The van der Waals surface area contributed by atoms with Gasteiger partial charge in [0, 0.05) is 25.6 Å². The van der Waals surface area contributed by atoms with Gasteiger partial charge in [-0.2, -0.15) is 4.98 Å². The fraction of sp³-hybridized carbons (Fsp3) is 0.857. The third kappa shape index (κ3) is 3.93. The Morgan fingerprint density at radius 2 is 2.05 bits per heavy atom. The van der Waals surface area contributed by atoms with Gasteiger partial charge in [0.2, 0.25) is 5.89 Å². The molecule has 1 N–H and O–H groups in total. The van der Waals surface area contributed by atoms with E-state index in [4.69, 9.17) is 4.52 Å². The van der Waals surface area contributed by atoms with Crippen LogP contribution in [0.1, 0.15) is 45.9 Å². The summed E-state index contributed by atoms with van der Waals surface area (Å²) in [5.41, 5.74) is 0. The molecule has 0 aliphatic carbocycles. The third-order valence-corrected chi connectivity index (χ3v) is 3.70. The minimum atomic E-state index is 0.409. The molecule has 1 atom stereocenters. The van der Waals surface area contributed by atoms with Crippen molar-refractivity contribution < 1.29 is 4.52 Å². The summed E-state index contributed by atoms with van der Waals surface area (Å²) < 4.78 is 5.39. The van der Waals surface area contributed by atoms with E-state index in [-0.39, 0.29) is 0 Å². The van der Waals surface area contributed by atoms with Crippen molar-refractivity contribution in [3.63, 3.8) is 0 Å². The molecular formula is C14H26N4O. The lowest BCUT2D eigenvalue weighted by Gasteiger charge is -2.20. The van der Waals surface area contributed by atoms with Gasteiger partial charge in [-0.25, -0.2) is 0 Å². The van der Waals surface area contributed by atoms with Gasteiger partial charge in [0.1, 0.15) is 0 Å². The number of aromatic nitrogens is 2. The Morgan fingerprint density at radius 3 is 2.68 bits per heavy atom. The molecule has 0 radical (unpaired) electrons. The molecule has 1 aromatic heterocycles.